The third-order valence-corrected chi connectivity index (χ3v) is 6.25. The Morgan fingerprint density at radius 1 is 0.909 bits per heavy atom. The number of nitrogens with zero attached hydrogens (tertiary/aromatic N) is 3. The lowest BCUT2D eigenvalue weighted by Gasteiger charge is -2.04. The van der Waals surface area contributed by atoms with Crippen LogP contribution in [0.25, 0.3) is 17.3 Å². The van der Waals surface area contributed by atoms with Gasteiger partial charge in [0, 0.05) is 22.7 Å². The molecule has 0 atom stereocenters. The summed E-state index contributed by atoms with van der Waals surface area (Å²) in [5.41, 5.74) is 7.73. The molecule has 0 amide bonds. The minimum atomic E-state index is 0.816. The van der Waals surface area contributed by atoms with Gasteiger partial charge in [0.25, 0.3) is 0 Å². The van der Waals surface area contributed by atoms with Crippen LogP contribution in [0.5, 0.6) is 5.75 Å². The highest BCUT2D eigenvalue weighted by Gasteiger charge is 2.08. The van der Waals surface area contributed by atoms with Crippen LogP contribution in [0.1, 0.15) is 22.3 Å². The fourth-order valence-corrected chi connectivity index (χ4v) is 4.23. The maximum Gasteiger partial charge on any atom is 0.211 e. The lowest BCUT2D eigenvalue weighted by atomic mass is 10.1. The van der Waals surface area contributed by atoms with Crippen LogP contribution in [0.2, 0.25) is 0 Å². The molecular weight excluding hydrogens is 426 g/mol. The van der Waals surface area contributed by atoms with E-state index in [1.165, 1.54) is 16.7 Å². The molecular formula is C28H27N3OS. The summed E-state index contributed by atoms with van der Waals surface area (Å²) < 4.78 is 7.32. The number of para-hydroxylation sites is 1. The van der Waals surface area contributed by atoms with Crippen molar-refractivity contribution in [3.05, 3.63) is 105 Å². The Balaban J connectivity index is 1.75. The summed E-state index contributed by atoms with van der Waals surface area (Å²) in [4.78, 5) is 5.71. The molecule has 1 aromatic heterocycles. The first-order chi connectivity index (χ1) is 16.0. The molecule has 0 saturated carbocycles. The summed E-state index contributed by atoms with van der Waals surface area (Å²) in [5.74, 6) is 0.830. The third kappa shape index (κ3) is 5.38. The van der Waals surface area contributed by atoms with Crippen molar-refractivity contribution in [1.82, 2.24) is 4.68 Å². The monoisotopic (exact) mass is 453 g/mol. The van der Waals surface area contributed by atoms with Crippen molar-refractivity contribution in [3.8, 4) is 17.0 Å². The summed E-state index contributed by atoms with van der Waals surface area (Å²) in [5, 5.41) is 6.86. The quantitative estimate of drug-likeness (QED) is 0.292. The molecule has 0 fully saturated rings. The molecule has 4 nitrogen and oxygen atoms in total. The largest absolute Gasteiger partial charge is 0.496 e. The minimum absolute atomic E-state index is 0.816. The molecule has 4 rings (SSSR count). The Labute approximate surface area is 198 Å². The van der Waals surface area contributed by atoms with E-state index in [0.29, 0.717) is 0 Å². The Morgan fingerprint density at radius 3 is 2.45 bits per heavy atom. The number of allylic oxidation sites excluding steroid dienone is 1. The fraction of sp³-hybridized carbons (Fsp3) is 0.143. The van der Waals surface area contributed by atoms with Gasteiger partial charge < -0.3 is 4.74 Å². The lowest BCUT2D eigenvalue weighted by Crippen LogP contribution is -2.11. The number of ether oxygens (including phenoxy) is 1. The van der Waals surface area contributed by atoms with Gasteiger partial charge in [-0.05, 0) is 62.2 Å². The summed E-state index contributed by atoms with van der Waals surface area (Å²) >= 11 is 1.58. The number of benzene rings is 3. The van der Waals surface area contributed by atoms with Gasteiger partial charge in [0.2, 0.25) is 4.80 Å². The van der Waals surface area contributed by atoms with Crippen molar-refractivity contribution in [2.45, 2.75) is 20.8 Å². The van der Waals surface area contributed by atoms with Crippen molar-refractivity contribution in [3.63, 3.8) is 0 Å². The van der Waals surface area contributed by atoms with Gasteiger partial charge in [0.15, 0.2) is 0 Å². The van der Waals surface area contributed by atoms with Crippen LogP contribution in [0.4, 0.5) is 5.69 Å². The van der Waals surface area contributed by atoms with Crippen molar-refractivity contribution < 1.29 is 4.74 Å². The molecule has 5 heteroatoms. The normalized spacial score (nSPS) is 12.2. The summed E-state index contributed by atoms with van der Waals surface area (Å²) in [7, 11) is 1.68. The molecule has 0 aliphatic rings. The van der Waals surface area contributed by atoms with Crippen LogP contribution < -0.4 is 9.54 Å². The van der Waals surface area contributed by atoms with E-state index in [0.717, 1.165) is 33.1 Å². The summed E-state index contributed by atoms with van der Waals surface area (Å²) in [6.07, 6.45) is 5.69. The zero-order valence-corrected chi connectivity index (χ0v) is 20.1. The first kappa shape index (κ1) is 22.5. The van der Waals surface area contributed by atoms with Crippen LogP contribution in [-0.2, 0) is 0 Å². The number of hydrogen-bond donors (Lipinski definition) is 0. The minimum Gasteiger partial charge on any atom is -0.496 e. The van der Waals surface area contributed by atoms with Crippen molar-refractivity contribution >= 4 is 29.3 Å². The van der Waals surface area contributed by atoms with Crippen LogP contribution in [-0.4, -0.2) is 18.0 Å². The second kappa shape index (κ2) is 10.3. The van der Waals surface area contributed by atoms with Gasteiger partial charge in [-0.15, -0.1) is 11.3 Å². The standard InChI is InChI=1S/C28H27N3OS/c1-20-11-14-23(15-12-20)26-19-33-28(30-25-16-13-21(2)22(3)18-25)31(26)29-17-7-9-24-8-5-6-10-27(24)32-4/h5-19H,1-4H3. The topological polar surface area (TPSA) is 38.9 Å². The molecule has 0 saturated heterocycles. The van der Waals surface area contributed by atoms with E-state index in [-0.39, 0.29) is 0 Å². The van der Waals surface area contributed by atoms with E-state index in [9.17, 15) is 0 Å². The highest BCUT2D eigenvalue weighted by Crippen LogP contribution is 2.22. The van der Waals surface area contributed by atoms with E-state index in [1.807, 2.05) is 47.2 Å². The number of aryl methyl sites for hydroxylation is 3. The van der Waals surface area contributed by atoms with Crippen LogP contribution in [0.15, 0.2) is 88.3 Å². The highest BCUT2D eigenvalue weighted by molar-refractivity contribution is 7.07. The molecule has 0 radical (unpaired) electrons. The SMILES string of the molecule is COc1ccccc1C=CC=Nn1c(-c2ccc(C)cc2)csc1=Nc1ccc(C)c(C)c1. The fourth-order valence-electron chi connectivity index (χ4n) is 3.37. The Hall–Kier alpha value is -3.70. The van der Waals surface area contributed by atoms with Gasteiger partial charge >= 0.3 is 0 Å². The Morgan fingerprint density at radius 2 is 1.70 bits per heavy atom. The zero-order valence-electron chi connectivity index (χ0n) is 19.3. The van der Waals surface area contributed by atoms with E-state index in [1.54, 1.807) is 24.7 Å². The number of thiazole rings is 1. The molecule has 0 aliphatic carbocycles. The van der Waals surface area contributed by atoms with E-state index in [2.05, 4.69) is 62.5 Å². The third-order valence-electron chi connectivity index (χ3n) is 5.43. The smallest absolute Gasteiger partial charge is 0.211 e. The highest BCUT2D eigenvalue weighted by atomic mass is 32.1. The van der Waals surface area contributed by atoms with Crippen molar-refractivity contribution in [2.24, 2.45) is 10.1 Å². The van der Waals surface area contributed by atoms with Gasteiger partial charge in [-0.25, -0.2) is 9.67 Å². The van der Waals surface area contributed by atoms with Crippen LogP contribution in [0, 0.1) is 20.8 Å². The summed E-state index contributed by atoms with van der Waals surface area (Å²) in [6.45, 7) is 6.31. The molecule has 0 unspecified atom stereocenters. The maximum atomic E-state index is 5.42. The molecule has 33 heavy (non-hydrogen) atoms. The van der Waals surface area contributed by atoms with E-state index in [4.69, 9.17) is 14.8 Å². The van der Waals surface area contributed by atoms with E-state index < -0.39 is 0 Å². The average Bonchev–Trinajstić information content (AvgIpc) is 3.22. The number of rotatable bonds is 6. The molecule has 0 N–H and O–H groups in total. The zero-order chi connectivity index (χ0) is 23.2. The molecule has 4 aromatic rings. The molecule has 0 aliphatic heterocycles. The first-order valence-corrected chi connectivity index (χ1v) is 11.7. The predicted molar refractivity (Wildman–Crippen MR) is 140 cm³/mol. The van der Waals surface area contributed by atoms with Crippen molar-refractivity contribution in [1.29, 1.82) is 0 Å². The van der Waals surface area contributed by atoms with Gasteiger partial charge in [0.1, 0.15) is 5.75 Å². The van der Waals surface area contributed by atoms with Gasteiger partial charge in [-0.3, -0.25) is 0 Å². The van der Waals surface area contributed by atoms with Crippen molar-refractivity contribution in [2.75, 3.05) is 7.11 Å². The van der Waals surface area contributed by atoms with Crippen LogP contribution in [0.3, 0.4) is 0 Å². The average molecular weight is 454 g/mol. The first-order valence-electron chi connectivity index (χ1n) is 10.8. The van der Waals surface area contributed by atoms with E-state index >= 15 is 0 Å². The molecule has 1 heterocycles. The second-order valence-corrected chi connectivity index (χ2v) is 8.66. The number of methoxy groups -OCH3 is 1. The summed E-state index contributed by atoms with van der Waals surface area (Å²) in [6, 6.07) is 22.6. The number of hydrogen-bond acceptors (Lipinski definition) is 4. The maximum absolute atomic E-state index is 5.42. The Kier molecular flexibility index (Phi) is 7.01. The molecule has 166 valence electrons. The number of aromatic nitrogens is 1. The van der Waals surface area contributed by atoms with Gasteiger partial charge in [-0.1, -0.05) is 54.1 Å². The lowest BCUT2D eigenvalue weighted by molar-refractivity contribution is 0.414. The van der Waals surface area contributed by atoms with Gasteiger partial charge in [-0.2, -0.15) is 5.10 Å². The molecule has 0 bridgehead atoms. The Bertz CT molecular complexity index is 1380. The van der Waals surface area contributed by atoms with Gasteiger partial charge in [0.05, 0.1) is 18.5 Å². The predicted octanol–water partition coefficient (Wildman–Crippen LogP) is 6.93. The molecule has 0 spiro atoms. The second-order valence-electron chi connectivity index (χ2n) is 7.83. The molecule has 3 aromatic carbocycles. The van der Waals surface area contributed by atoms with Crippen LogP contribution >= 0.6 is 11.3 Å².